The fourth-order valence-corrected chi connectivity index (χ4v) is 3.04. The lowest BCUT2D eigenvalue weighted by Gasteiger charge is -2.11. The van der Waals surface area contributed by atoms with Gasteiger partial charge in [-0.15, -0.1) is 0 Å². The topological polar surface area (TPSA) is 125 Å². The van der Waals surface area contributed by atoms with Gasteiger partial charge in [0.2, 0.25) is 0 Å². The summed E-state index contributed by atoms with van der Waals surface area (Å²) in [6, 6.07) is 18.0. The highest BCUT2D eigenvalue weighted by Crippen LogP contribution is 2.29. The Balaban J connectivity index is 1.66. The largest absolute Gasteiger partial charge is 0.497 e. The van der Waals surface area contributed by atoms with Crippen molar-refractivity contribution >= 4 is 29.2 Å². The fraction of sp³-hybridized carbons (Fsp3) is 0.154. The molecular formula is C26H25N3O7. The summed E-state index contributed by atoms with van der Waals surface area (Å²) >= 11 is 0. The van der Waals surface area contributed by atoms with Gasteiger partial charge >= 0.3 is 17.8 Å². The maximum atomic E-state index is 12.5. The van der Waals surface area contributed by atoms with Gasteiger partial charge in [0.25, 0.3) is 0 Å². The van der Waals surface area contributed by atoms with Crippen molar-refractivity contribution in [1.82, 2.24) is 5.43 Å². The minimum Gasteiger partial charge on any atom is -0.497 e. The van der Waals surface area contributed by atoms with Crippen molar-refractivity contribution in [1.29, 1.82) is 0 Å². The zero-order valence-electron chi connectivity index (χ0n) is 20.2. The maximum absolute atomic E-state index is 12.5. The van der Waals surface area contributed by atoms with Crippen LogP contribution in [0.15, 0.2) is 71.8 Å². The summed E-state index contributed by atoms with van der Waals surface area (Å²) in [4.78, 5) is 36.9. The second kappa shape index (κ2) is 12.0. The third kappa shape index (κ3) is 6.38. The predicted octanol–water partition coefficient (Wildman–Crippen LogP) is 3.41. The van der Waals surface area contributed by atoms with Crippen molar-refractivity contribution in [3.05, 3.63) is 77.9 Å². The number of nitrogens with zero attached hydrogens (tertiary/aromatic N) is 1. The highest BCUT2D eigenvalue weighted by atomic mass is 16.6. The molecule has 0 fully saturated rings. The molecule has 3 rings (SSSR count). The van der Waals surface area contributed by atoms with Crippen LogP contribution in [-0.4, -0.2) is 44.8 Å². The number of ether oxygens (including phenoxy) is 4. The molecule has 10 heteroatoms. The lowest BCUT2D eigenvalue weighted by molar-refractivity contribution is -0.136. The van der Waals surface area contributed by atoms with E-state index < -0.39 is 17.8 Å². The van der Waals surface area contributed by atoms with Crippen molar-refractivity contribution in [3.8, 4) is 23.0 Å². The summed E-state index contributed by atoms with van der Waals surface area (Å²) < 4.78 is 21.0. The molecule has 0 aliphatic heterocycles. The summed E-state index contributed by atoms with van der Waals surface area (Å²) in [5, 5.41) is 6.45. The molecule has 0 aliphatic carbocycles. The van der Waals surface area contributed by atoms with E-state index >= 15 is 0 Å². The van der Waals surface area contributed by atoms with E-state index in [-0.39, 0.29) is 11.5 Å². The highest BCUT2D eigenvalue weighted by molar-refractivity contribution is 6.39. The summed E-state index contributed by atoms with van der Waals surface area (Å²) in [6.45, 7) is 1.64. The Bertz CT molecular complexity index is 1290. The second-order valence-corrected chi connectivity index (χ2v) is 7.28. The Morgan fingerprint density at radius 1 is 0.722 bits per heavy atom. The molecule has 2 amide bonds. The highest BCUT2D eigenvalue weighted by Gasteiger charge is 2.17. The molecule has 0 bridgehead atoms. The molecule has 0 saturated heterocycles. The lowest BCUT2D eigenvalue weighted by Crippen LogP contribution is -2.33. The van der Waals surface area contributed by atoms with Gasteiger partial charge in [0, 0.05) is 5.56 Å². The first-order valence-corrected chi connectivity index (χ1v) is 10.7. The number of methoxy groups -OCH3 is 3. The van der Waals surface area contributed by atoms with E-state index in [1.165, 1.54) is 21.3 Å². The molecule has 0 radical (unpaired) electrons. The number of hydrazone groups is 1. The van der Waals surface area contributed by atoms with Gasteiger partial charge in [-0.1, -0.05) is 12.1 Å². The number of anilines is 1. The molecule has 0 aliphatic rings. The van der Waals surface area contributed by atoms with Crippen LogP contribution in [0.1, 0.15) is 22.8 Å². The number of nitrogens with one attached hydrogen (secondary N) is 2. The van der Waals surface area contributed by atoms with Crippen LogP contribution in [0.2, 0.25) is 0 Å². The van der Waals surface area contributed by atoms with E-state index in [1.54, 1.807) is 73.7 Å². The summed E-state index contributed by atoms with van der Waals surface area (Å²) in [6.07, 6.45) is 0. The van der Waals surface area contributed by atoms with Gasteiger partial charge in [0.05, 0.1) is 38.3 Å². The van der Waals surface area contributed by atoms with E-state index in [4.69, 9.17) is 18.9 Å². The first-order chi connectivity index (χ1) is 17.4. The Labute approximate surface area is 207 Å². The van der Waals surface area contributed by atoms with E-state index in [9.17, 15) is 14.4 Å². The number of benzene rings is 3. The van der Waals surface area contributed by atoms with Crippen LogP contribution in [0.25, 0.3) is 0 Å². The van der Waals surface area contributed by atoms with Crippen LogP contribution in [-0.2, 0) is 9.59 Å². The zero-order chi connectivity index (χ0) is 26.1. The van der Waals surface area contributed by atoms with Gasteiger partial charge in [0.1, 0.15) is 11.5 Å². The van der Waals surface area contributed by atoms with E-state index in [0.29, 0.717) is 34.0 Å². The van der Waals surface area contributed by atoms with Crippen molar-refractivity contribution in [2.45, 2.75) is 6.92 Å². The van der Waals surface area contributed by atoms with Gasteiger partial charge in [0.15, 0.2) is 11.5 Å². The quantitative estimate of drug-likeness (QED) is 0.163. The molecule has 0 aromatic heterocycles. The lowest BCUT2D eigenvalue weighted by atomic mass is 10.1. The SMILES string of the molecule is COc1ccc(C(=O)Oc2ccc(/C(C)=N/NC(=O)C(=O)Nc3ccccc3OC)cc2OC)cc1. The number of amides is 2. The molecule has 186 valence electrons. The zero-order valence-corrected chi connectivity index (χ0v) is 20.2. The van der Waals surface area contributed by atoms with Gasteiger partial charge in [-0.25, -0.2) is 10.2 Å². The van der Waals surface area contributed by atoms with E-state index in [0.717, 1.165) is 0 Å². The van der Waals surface area contributed by atoms with Crippen LogP contribution in [0.5, 0.6) is 23.0 Å². The molecule has 2 N–H and O–H groups in total. The minimum atomic E-state index is -0.961. The van der Waals surface area contributed by atoms with Crippen LogP contribution in [0, 0.1) is 0 Å². The predicted molar refractivity (Wildman–Crippen MR) is 133 cm³/mol. The van der Waals surface area contributed by atoms with Crippen LogP contribution in [0.3, 0.4) is 0 Å². The molecule has 36 heavy (non-hydrogen) atoms. The molecule has 0 unspecified atom stereocenters. The molecule has 10 nitrogen and oxygen atoms in total. The smallest absolute Gasteiger partial charge is 0.343 e. The number of hydrogen-bond donors (Lipinski definition) is 2. The Morgan fingerprint density at radius 2 is 1.39 bits per heavy atom. The fourth-order valence-electron chi connectivity index (χ4n) is 3.04. The van der Waals surface area contributed by atoms with Crippen molar-refractivity contribution in [2.24, 2.45) is 5.10 Å². The molecule has 0 heterocycles. The maximum Gasteiger partial charge on any atom is 0.343 e. The van der Waals surface area contributed by atoms with Gasteiger partial charge < -0.3 is 24.3 Å². The van der Waals surface area contributed by atoms with Crippen molar-refractivity contribution in [2.75, 3.05) is 26.6 Å². The van der Waals surface area contributed by atoms with Crippen molar-refractivity contribution in [3.63, 3.8) is 0 Å². The van der Waals surface area contributed by atoms with E-state index in [2.05, 4.69) is 15.8 Å². The summed E-state index contributed by atoms with van der Waals surface area (Å²) in [5.74, 6) is -0.917. The van der Waals surface area contributed by atoms with Gasteiger partial charge in [-0.3, -0.25) is 9.59 Å². The Hall–Kier alpha value is -4.86. The van der Waals surface area contributed by atoms with Crippen LogP contribution >= 0.6 is 0 Å². The monoisotopic (exact) mass is 491 g/mol. The van der Waals surface area contributed by atoms with Crippen LogP contribution in [0.4, 0.5) is 5.69 Å². The van der Waals surface area contributed by atoms with Crippen molar-refractivity contribution < 1.29 is 33.3 Å². The molecule has 0 saturated carbocycles. The molecule has 0 atom stereocenters. The average Bonchev–Trinajstić information content (AvgIpc) is 2.91. The number of hydrogen-bond acceptors (Lipinski definition) is 8. The Kier molecular flexibility index (Phi) is 8.60. The van der Waals surface area contributed by atoms with E-state index in [1.807, 2.05) is 0 Å². The third-order valence-electron chi connectivity index (χ3n) is 5.00. The first-order valence-electron chi connectivity index (χ1n) is 10.7. The number of carbonyl (C=O) groups excluding carboxylic acids is 3. The minimum absolute atomic E-state index is 0.204. The number of rotatable bonds is 8. The number of carbonyl (C=O) groups is 3. The third-order valence-corrected chi connectivity index (χ3v) is 5.00. The van der Waals surface area contributed by atoms with Gasteiger partial charge in [-0.2, -0.15) is 5.10 Å². The molecule has 0 spiro atoms. The molecular weight excluding hydrogens is 466 g/mol. The summed E-state index contributed by atoms with van der Waals surface area (Å²) in [7, 11) is 4.42. The number of esters is 1. The molecule has 3 aromatic carbocycles. The average molecular weight is 492 g/mol. The van der Waals surface area contributed by atoms with Crippen LogP contribution < -0.4 is 29.7 Å². The Morgan fingerprint density at radius 3 is 2.06 bits per heavy atom. The first kappa shape index (κ1) is 25.8. The number of para-hydroxylation sites is 2. The summed E-state index contributed by atoms with van der Waals surface area (Å²) in [5.41, 5.74) is 3.87. The molecule has 3 aromatic rings. The second-order valence-electron chi connectivity index (χ2n) is 7.28. The standard InChI is InChI=1S/C26H25N3O7/c1-16(28-29-25(31)24(30)27-20-7-5-6-8-21(20)34-3)18-11-14-22(23(15-18)35-4)36-26(32)17-9-12-19(33-2)13-10-17/h5-15H,1-4H3,(H,27,30)(H,29,31)/b28-16+. The normalized spacial score (nSPS) is 10.7. The van der Waals surface area contributed by atoms with Gasteiger partial charge in [-0.05, 0) is 61.5 Å².